The Bertz CT molecular complexity index is 906. The van der Waals surface area contributed by atoms with E-state index in [-0.39, 0.29) is 12.2 Å². The molecular formula is C15H17N3O3S. The first-order valence-corrected chi connectivity index (χ1v) is 8.11. The van der Waals surface area contributed by atoms with E-state index in [0.717, 1.165) is 10.2 Å². The summed E-state index contributed by atoms with van der Waals surface area (Å²) in [5.41, 5.74) is 1.24. The van der Waals surface area contributed by atoms with Crippen LogP contribution in [-0.2, 0) is 9.53 Å². The molecule has 0 N–H and O–H groups in total. The zero-order chi connectivity index (χ0) is 15.9. The van der Waals surface area contributed by atoms with Crippen LogP contribution < -0.4 is 5.56 Å². The Labute approximate surface area is 130 Å². The monoisotopic (exact) mass is 319 g/mol. The van der Waals surface area contributed by atoms with Gasteiger partial charge < -0.3 is 4.74 Å². The van der Waals surface area contributed by atoms with Gasteiger partial charge in [-0.25, -0.2) is 9.48 Å². The summed E-state index contributed by atoms with van der Waals surface area (Å²) in [6, 6.07) is 3.13. The minimum atomic E-state index is -0.691. The number of ether oxygens (including phenoxy) is 1. The lowest BCUT2D eigenvalue weighted by atomic mass is 10.2. The fraction of sp³-hybridized carbons (Fsp3) is 0.400. The van der Waals surface area contributed by atoms with Crippen LogP contribution in [0.1, 0.15) is 32.1 Å². The minimum Gasteiger partial charge on any atom is -0.464 e. The molecule has 0 spiro atoms. The second-order valence-electron chi connectivity index (χ2n) is 5.01. The van der Waals surface area contributed by atoms with Crippen LogP contribution in [0.15, 0.2) is 22.3 Å². The molecule has 0 aliphatic carbocycles. The van der Waals surface area contributed by atoms with Crippen LogP contribution >= 0.6 is 11.3 Å². The zero-order valence-electron chi connectivity index (χ0n) is 12.7. The van der Waals surface area contributed by atoms with Crippen molar-refractivity contribution in [2.45, 2.75) is 33.2 Å². The van der Waals surface area contributed by atoms with E-state index >= 15 is 0 Å². The average Bonchev–Trinajstić information content (AvgIpc) is 3.05. The Morgan fingerprint density at radius 2 is 2.18 bits per heavy atom. The summed E-state index contributed by atoms with van der Waals surface area (Å²) in [4.78, 5) is 24.8. The molecule has 0 aliphatic heterocycles. The van der Waals surface area contributed by atoms with E-state index in [9.17, 15) is 9.59 Å². The van der Waals surface area contributed by atoms with Gasteiger partial charge in [-0.3, -0.25) is 9.20 Å². The molecule has 3 rings (SSSR count). The molecular weight excluding hydrogens is 302 g/mol. The van der Waals surface area contributed by atoms with Crippen molar-refractivity contribution in [1.29, 1.82) is 0 Å². The third-order valence-corrected chi connectivity index (χ3v) is 4.52. The van der Waals surface area contributed by atoms with Crippen LogP contribution in [0.3, 0.4) is 0 Å². The lowest BCUT2D eigenvalue weighted by molar-refractivity contribution is -0.147. The van der Waals surface area contributed by atoms with Crippen molar-refractivity contribution in [2.24, 2.45) is 0 Å². The molecule has 0 aliphatic rings. The number of thiophene rings is 1. The quantitative estimate of drug-likeness (QED) is 0.693. The van der Waals surface area contributed by atoms with E-state index < -0.39 is 12.0 Å². The maximum atomic E-state index is 12.7. The smallest absolute Gasteiger partial charge is 0.331 e. The first kappa shape index (κ1) is 14.8. The largest absolute Gasteiger partial charge is 0.464 e. The average molecular weight is 319 g/mol. The van der Waals surface area contributed by atoms with E-state index in [2.05, 4.69) is 5.10 Å². The van der Waals surface area contributed by atoms with Crippen molar-refractivity contribution in [1.82, 2.24) is 14.2 Å². The molecule has 3 aromatic heterocycles. The molecule has 0 aromatic carbocycles. The number of aryl methyl sites for hydroxylation is 1. The topological polar surface area (TPSA) is 65.6 Å². The summed E-state index contributed by atoms with van der Waals surface area (Å²) in [6.45, 7) is 5.70. The Balaban J connectivity index is 2.24. The van der Waals surface area contributed by atoms with Crippen molar-refractivity contribution in [3.05, 3.63) is 33.7 Å². The fourth-order valence-corrected chi connectivity index (χ4v) is 3.49. The third-order valence-electron chi connectivity index (χ3n) is 3.67. The Hall–Kier alpha value is -2.15. The number of rotatable bonds is 4. The van der Waals surface area contributed by atoms with E-state index in [4.69, 9.17) is 4.74 Å². The molecule has 0 saturated carbocycles. The predicted octanol–water partition coefficient (Wildman–Crippen LogP) is 2.53. The Kier molecular flexibility index (Phi) is 3.74. The van der Waals surface area contributed by atoms with Gasteiger partial charge in [0.25, 0.3) is 5.56 Å². The second kappa shape index (κ2) is 5.57. The zero-order valence-corrected chi connectivity index (χ0v) is 13.5. The Morgan fingerprint density at radius 1 is 1.41 bits per heavy atom. The number of nitrogens with zero attached hydrogens (tertiary/aromatic N) is 3. The lowest BCUT2D eigenvalue weighted by Gasteiger charge is -2.16. The van der Waals surface area contributed by atoms with E-state index in [1.807, 2.05) is 35.8 Å². The number of aromatic nitrogens is 3. The third kappa shape index (κ3) is 2.12. The molecule has 1 atom stereocenters. The van der Waals surface area contributed by atoms with Gasteiger partial charge in [0, 0.05) is 0 Å². The van der Waals surface area contributed by atoms with Crippen molar-refractivity contribution in [2.75, 3.05) is 6.61 Å². The SMILES string of the molecule is CCOC(=O)[C@H](CC)n1nc(C)n2c(cc3sccc32)c1=O. The molecule has 0 bridgehead atoms. The fourth-order valence-electron chi connectivity index (χ4n) is 2.68. The van der Waals surface area contributed by atoms with Crippen molar-refractivity contribution in [3.8, 4) is 0 Å². The summed E-state index contributed by atoms with van der Waals surface area (Å²) in [7, 11) is 0. The van der Waals surface area contributed by atoms with Crippen molar-refractivity contribution >= 4 is 33.0 Å². The normalized spacial score (nSPS) is 12.9. The van der Waals surface area contributed by atoms with E-state index in [0.29, 0.717) is 17.8 Å². The molecule has 3 heterocycles. The molecule has 116 valence electrons. The number of hydrogen-bond donors (Lipinski definition) is 0. The molecule has 0 saturated heterocycles. The highest BCUT2D eigenvalue weighted by Crippen LogP contribution is 2.25. The molecule has 0 fully saturated rings. The van der Waals surface area contributed by atoms with Crippen LogP contribution in [0.4, 0.5) is 0 Å². The van der Waals surface area contributed by atoms with Gasteiger partial charge in [-0.1, -0.05) is 6.92 Å². The van der Waals surface area contributed by atoms with Gasteiger partial charge in [0.15, 0.2) is 6.04 Å². The highest BCUT2D eigenvalue weighted by molar-refractivity contribution is 7.17. The Morgan fingerprint density at radius 3 is 2.86 bits per heavy atom. The van der Waals surface area contributed by atoms with Crippen LogP contribution in [0.25, 0.3) is 15.7 Å². The molecule has 0 amide bonds. The minimum absolute atomic E-state index is 0.270. The molecule has 22 heavy (non-hydrogen) atoms. The lowest BCUT2D eigenvalue weighted by Crippen LogP contribution is -2.34. The van der Waals surface area contributed by atoms with Crippen LogP contribution in [0.5, 0.6) is 0 Å². The number of hydrogen-bond acceptors (Lipinski definition) is 5. The maximum Gasteiger partial charge on any atom is 0.331 e. The maximum absolute atomic E-state index is 12.7. The van der Waals surface area contributed by atoms with Gasteiger partial charge in [-0.05, 0) is 37.8 Å². The highest BCUT2D eigenvalue weighted by Gasteiger charge is 2.24. The van der Waals surface area contributed by atoms with Gasteiger partial charge in [0.05, 0.1) is 16.8 Å². The molecule has 7 heteroatoms. The summed E-state index contributed by atoms with van der Waals surface area (Å²) >= 11 is 1.58. The molecule has 6 nitrogen and oxygen atoms in total. The van der Waals surface area contributed by atoms with Gasteiger partial charge >= 0.3 is 5.97 Å². The number of fused-ring (bicyclic) bond motifs is 3. The number of carbonyl (C=O) groups is 1. The standard InChI is InChI=1S/C15H17N3O3S/c1-4-10(15(20)21-5-2)18-14(19)12-8-13-11(6-7-22-13)17(12)9(3)16-18/h6-8,10H,4-5H2,1-3H3/t10-/m0/s1. The van der Waals surface area contributed by atoms with Crippen LogP contribution in [0, 0.1) is 6.92 Å². The summed E-state index contributed by atoms with van der Waals surface area (Å²) in [5, 5.41) is 6.33. The summed E-state index contributed by atoms with van der Waals surface area (Å²) in [6.07, 6.45) is 0.455. The second-order valence-corrected chi connectivity index (χ2v) is 5.96. The van der Waals surface area contributed by atoms with Crippen LogP contribution in [0.2, 0.25) is 0 Å². The molecule has 0 radical (unpaired) electrons. The highest BCUT2D eigenvalue weighted by atomic mass is 32.1. The first-order valence-electron chi connectivity index (χ1n) is 7.23. The first-order chi connectivity index (χ1) is 10.6. The summed E-state index contributed by atoms with van der Waals surface area (Å²) in [5.74, 6) is 0.252. The number of esters is 1. The summed E-state index contributed by atoms with van der Waals surface area (Å²) < 4.78 is 9.18. The van der Waals surface area contributed by atoms with Crippen molar-refractivity contribution < 1.29 is 9.53 Å². The number of carbonyl (C=O) groups excluding carboxylic acids is 1. The van der Waals surface area contributed by atoms with Crippen LogP contribution in [-0.4, -0.2) is 26.8 Å². The van der Waals surface area contributed by atoms with Crippen molar-refractivity contribution in [3.63, 3.8) is 0 Å². The van der Waals surface area contributed by atoms with Gasteiger partial charge in [0.1, 0.15) is 11.3 Å². The van der Waals surface area contributed by atoms with Gasteiger partial charge in [-0.2, -0.15) is 5.10 Å². The van der Waals surface area contributed by atoms with Gasteiger partial charge in [0.2, 0.25) is 0 Å². The van der Waals surface area contributed by atoms with E-state index in [1.54, 1.807) is 18.3 Å². The van der Waals surface area contributed by atoms with Gasteiger partial charge in [-0.15, -0.1) is 11.3 Å². The predicted molar refractivity (Wildman–Crippen MR) is 85.5 cm³/mol. The van der Waals surface area contributed by atoms with E-state index in [1.165, 1.54) is 4.68 Å². The molecule has 0 unspecified atom stereocenters. The molecule has 3 aromatic rings.